The van der Waals surface area contributed by atoms with E-state index in [2.05, 4.69) is 4.98 Å². The Balaban J connectivity index is 1.69. The molecule has 4 aromatic rings. The Bertz CT molecular complexity index is 1390. The van der Waals surface area contributed by atoms with Gasteiger partial charge in [-0.05, 0) is 43.5 Å². The molecule has 5 rings (SSSR count). The van der Waals surface area contributed by atoms with Gasteiger partial charge in [0, 0.05) is 24.0 Å². The highest BCUT2D eigenvalue weighted by molar-refractivity contribution is 7.99. The van der Waals surface area contributed by atoms with Crippen molar-refractivity contribution in [1.29, 1.82) is 0 Å². The minimum atomic E-state index is -0.216. The van der Waals surface area contributed by atoms with Crippen molar-refractivity contribution in [2.75, 3.05) is 26.0 Å². The topological polar surface area (TPSA) is 80.2 Å². The molecule has 7 nitrogen and oxygen atoms in total. The molecule has 1 fully saturated rings. The van der Waals surface area contributed by atoms with Gasteiger partial charge in [0.05, 0.1) is 18.6 Å². The lowest BCUT2D eigenvalue weighted by Gasteiger charge is -2.17. The molecule has 0 radical (unpaired) electrons. The van der Waals surface area contributed by atoms with E-state index < -0.39 is 0 Å². The SMILES string of the molecule is COc1ccc(C)cc1-n1c(SCC(=O)N2CCCC2)nc2c([nH]c3ccccc32)c1=O. The molecule has 164 valence electrons. The van der Waals surface area contributed by atoms with E-state index in [1.807, 2.05) is 54.3 Å². The number of aryl methyl sites for hydroxylation is 1. The number of amides is 1. The molecule has 1 N–H and O–H groups in total. The Morgan fingerprint density at radius 2 is 1.97 bits per heavy atom. The summed E-state index contributed by atoms with van der Waals surface area (Å²) in [5.41, 5.74) is 3.29. The summed E-state index contributed by atoms with van der Waals surface area (Å²) in [5, 5.41) is 1.36. The van der Waals surface area contributed by atoms with Crippen LogP contribution in [0.5, 0.6) is 5.75 Å². The number of nitrogens with zero attached hydrogens (tertiary/aromatic N) is 3. The lowest BCUT2D eigenvalue weighted by atomic mass is 10.2. The zero-order chi connectivity index (χ0) is 22.2. The number of ether oxygens (including phenoxy) is 1. The van der Waals surface area contributed by atoms with Gasteiger partial charge in [-0.25, -0.2) is 9.55 Å². The van der Waals surface area contributed by atoms with Crippen molar-refractivity contribution in [1.82, 2.24) is 19.4 Å². The van der Waals surface area contributed by atoms with Gasteiger partial charge in [-0.15, -0.1) is 0 Å². The fourth-order valence-electron chi connectivity index (χ4n) is 4.21. The number of aromatic nitrogens is 3. The van der Waals surface area contributed by atoms with E-state index >= 15 is 0 Å². The van der Waals surface area contributed by atoms with E-state index in [0.29, 0.717) is 27.6 Å². The molecule has 2 aromatic carbocycles. The zero-order valence-electron chi connectivity index (χ0n) is 18.1. The minimum absolute atomic E-state index is 0.0727. The first kappa shape index (κ1) is 20.6. The summed E-state index contributed by atoms with van der Waals surface area (Å²) in [6.45, 7) is 3.56. The Morgan fingerprint density at radius 1 is 1.19 bits per heavy atom. The summed E-state index contributed by atoms with van der Waals surface area (Å²) in [5.74, 6) is 0.875. The van der Waals surface area contributed by atoms with Gasteiger partial charge >= 0.3 is 0 Å². The van der Waals surface area contributed by atoms with Crippen molar-refractivity contribution in [3.63, 3.8) is 0 Å². The van der Waals surface area contributed by atoms with Crippen LogP contribution in [0.4, 0.5) is 0 Å². The van der Waals surface area contributed by atoms with Crippen molar-refractivity contribution in [2.24, 2.45) is 0 Å². The molecule has 1 aliphatic rings. The number of carbonyl (C=O) groups excluding carboxylic acids is 1. The van der Waals surface area contributed by atoms with Crippen molar-refractivity contribution in [3.8, 4) is 11.4 Å². The predicted molar refractivity (Wildman–Crippen MR) is 127 cm³/mol. The van der Waals surface area contributed by atoms with Crippen LogP contribution in [0.2, 0.25) is 0 Å². The zero-order valence-corrected chi connectivity index (χ0v) is 18.9. The highest BCUT2D eigenvalue weighted by Gasteiger charge is 2.22. The summed E-state index contributed by atoms with van der Waals surface area (Å²) in [4.78, 5) is 36.4. The van der Waals surface area contributed by atoms with E-state index in [1.165, 1.54) is 11.8 Å². The van der Waals surface area contributed by atoms with Gasteiger partial charge in [-0.3, -0.25) is 9.59 Å². The molecule has 1 aliphatic heterocycles. The smallest absolute Gasteiger partial charge is 0.283 e. The minimum Gasteiger partial charge on any atom is -0.495 e. The molecule has 0 unspecified atom stereocenters. The van der Waals surface area contributed by atoms with E-state index in [9.17, 15) is 9.59 Å². The molecule has 0 saturated carbocycles. The maximum atomic E-state index is 13.7. The number of aromatic amines is 1. The second-order valence-corrected chi connectivity index (χ2v) is 8.92. The number of rotatable bonds is 5. The van der Waals surface area contributed by atoms with Crippen LogP contribution in [-0.2, 0) is 4.79 Å². The van der Waals surface area contributed by atoms with Gasteiger partial charge in [0.1, 0.15) is 16.8 Å². The van der Waals surface area contributed by atoms with Gasteiger partial charge in [-0.2, -0.15) is 0 Å². The standard InChI is InChI=1S/C24H24N4O3S/c1-15-9-10-19(31-2)18(13-15)28-23(30)22-21(16-7-3-4-8-17(16)25-22)26-24(28)32-14-20(29)27-11-5-6-12-27/h3-4,7-10,13,25H,5-6,11-12,14H2,1-2H3. The predicted octanol–water partition coefficient (Wildman–Crippen LogP) is 3.90. The number of H-pyrrole nitrogens is 1. The summed E-state index contributed by atoms with van der Waals surface area (Å²) in [6, 6.07) is 13.4. The first-order chi connectivity index (χ1) is 15.6. The highest BCUT2D eigenvalue weighted by Crippen LogP contribution is 2.30. The monoisotopic (exact) mass is 448 g/mol. The van der Waals surface area contributed by atoms with E-state index in [1.54, 1.807) is 11.7 Å². The lowest BCUT2D eigenvalue weighted by Crippen LogP contribution is -2.30. The van der Waals surface area contributed by atoms with Crippen LogP contribution in [0.1, 0.15) is 18.4 Å². The summed E-state index contributed by atoms with van der Waals surface area (Å²) in [7, 11) is 1.58. The van der Waals surface area contributed by atoms with Gasteiger partial charge < -0.3 is 14.6 Å². The maximum Gasteiger partial charge on any atom is 0.283 e. The number of para-hydroxylation sites is 1. The largest absolute Gasteiger partial charge is 0.495 e. The van der Waals surface area contributed by atoms with Crippen LogP contribution in [0.3, 0.4) is 0 Å². The molecule has 3 heterocycles. The third-order valence-corrected chi connectivity index (χ3v) is 6.78. The molecule has 0 aliphatic carbocycles. The van der Waals surface area contributed by atoms with Crippen LogP contribution < -0.4 is 10.3 Å². The number of thioether (sulfide) groups is 1. The molecular weight excluding hydrogens is 424 g/mol. The molecule has 32 heavy (non-hydrogen) atoms. The van der Waals surface area contributed by atoms with Crippen molar-refractivity contribution in [2.45, 2.75) is 24.9 Å². The first-order valence-electron chi connectivity index (χ1n) is 10.7. The van der Waals surface area contributed by atoms with E-state index in [4.69, 9.17) is 9.72 Å². The lowest BCUT2D eigenvalue weighted by molar-refractivity contribution is -0.127. The number of hydrogen-bond acceptors (Lipinski definition) is 5. The van der Waals surface area contributed by atoms with Crippen molar-refractivity contribution < 1.29 is 9.53 Å². The number of methoxy groups -OCH3 is 1. The second-order valence-electron chi connectivity index (χ2n) is 7.98. The number of hydrogen-bond donors (Lipinski definition) is 1. The van der Waals surface area contributed by atoms with Crippen LogP contribution >= 0.6 is 11.8 Å². The summed E-state index contributed by atoms with van der Waals surface area (Å²) >= 11 is 1.29. The van der Waals surface area contributed by atoms with Gasteiger partial charge in [0.15, 0.2) is 5.16 Å². The molecule has 0 atom stereocenters. The molecule has 2 aromatic heterocycles. The Labute approximate surface area is 189 Å². The molecule has 1 saturated heterocycles. The van der Waals surface area contributed by atoms with Gasteiger partial charge in [-0.1, -0.05) is 36.0 Å². The Morgan fingerprint density at radius 3 is 2.75 bits per heavy atom. The molecule has 1 amide bonds. The Kier molecular flexibility index (Phi) is 5.38. The normalized spacial score (nSPS) is 13.9. The van der Waals surface area contributed by atoms with E-state index in [0.717, 1.165) is 42.4 Å². The van der Waals surface area contributed by atoms with E-state index in [-0.39, 0.29) is 17.2 Å². The molecule has 0 spiro atoms. The first-order valence-corrected chi connectivity index (χ1v) is 11.6. The third-order valence-electron chi connectivity index (χ3n) is 5.85. The van der Waals surface area contributed by atoms with Gasteiger partial charge in [0.2, 0.25) is 5.91 Å². The van der Waals surface area contributed by atoms with Gasteiger partial charge in [0.25, 0.3) is 5.56 Å². The van der Waals surface area contributed by atoms with Crippen molar-refractivity contribution >= 4 is 39.6 Å². The summed E-state index contributed by atoms with van der Waals surface area (Å²) < 4.78 is 7.12. The average Bonchev–Trinajstić information content (AvgIpc) is 3.46. The maximum absolute atomic E-state index is 13.7. The second kappa shape index (κ2) is 8.35. The molecule has 8 heteroatoms. The van der Waals surface area contributed by atoms with Crippen LogP contribution in [0.15, 0.2) is 52.4 Å². The number of fused-ring (bicyclic) bond motifs is 3. The number of nitrogens with one attached hydrogen (secondary N) is 1. The number of likely N-dealkylation sites (tertiary alicyclic amines) is 1. The quantitative estimate of drug-likeness (QED) is 0.370. The van der Waals surface area contributed by atoms with Crippen LogP contribution in [0.25, 0.3) is 27.6 Å². The molecular formula is C24H24N4O3S. The van der Waals surface area contributed by atoms with Crippen LogP contribution in [-0.4, -0.2) is 51.3 Å². The number of carbonyl (C=O) groups is 1. The average molecular weight is 449 g/mol. The fourth-order valence-corrected chi connectivity index (χ4v) is 5.11. The van der Waals surface area contributed by atoms with Crippen LogP contribution in [0, 0.1) is 6.92 Å². The Hall–Kier alpha value is -3.26. The highest BCUT2D eigenvalue weighted by atomic mass is 32.2. The summed E-state index contributed by atoms with van der Waals surface area (Å²) in [6.07, 6.45) is 2.09. The number of benzene rings is 2. The third kappa shape index (κ3) is 3.54. The van der Waals surface area contributed by atoms with Crippen molar-refractivity contribution in [3.05, 3.63) is 58.4 Å². The molecule has 0 bridgehead atoms. The fraction of sp³-hybridized carbons (Fsp3) is 0.292.